The van der Waals surface area contributed by atoms with Crippen LogP contribution in [0.4, 0.5) is 10.1 Å². The second-order valence-electron chi connectivity index (χ2n) is 4.78. The van der Waals surface area contributed by atoms with Crippen molar-refractivity contribution >= 4 is 22.4 Å². The van der Waals surface area contributed by atoms with E-state index < -0.39 is 5.82 Å². The molecule has 0 unspecified atom stereocenters. The molecule has 0 radical (unpaired) electrons. The lowest BCUT2D eigenvalue weighted by Crippen LogP contribution is -2.18. The number of aromatic amines is 1. The molecule has 0 saturated carbocycles. The first-order valence-electron chi connectivity index (χ1n) is 6.65. The second kappa shape index (κ2) is 5.77. The summed E-state index contributed by atoms with van der Waals surface area (Å²) in [6.45, 7) is 0. The minimum atomic E-state index is -0.426. The molecule has 0 aliphatic carbocycles. The van der Waals surface area contributed by atoms with Gasteiger partial charge in [0.2, 0.25) is 5.91 Å². The van der Waals surface area contributed by atoms with E-state index in [1.165, 1.54) is 18.2 Å². The van der Waals surface area contributed by atoms with Crippen LogP contribution in [0.1, 0.15) is 5.69 Å². The number of amides is 1. The zero-order valence-corrected chi connectivity index (χ0v) is 11.5. The van der Waals surface area contributed by atoms with Gasteiger partial charge in [0.25, 0.3) is 5.56 Å². The first-order valence-corrected chi connectivity index (χ1v) is 6.65. The number of carbonyl (C=O) groups excluding carboxylic acids is 1. The molecule has 0 fully saturated rings. The van der Waals surface area contributed by atoms with Gasteiger partial charge in [0.05, 0.1) is 17.5 Å². The van der Waals surface area contributed by atoms with Crippen molar-refractivity contribution in [1.29, 1.82) is 0 Å². The highest BCUT2D eigenvalue weighted by atomic mass is 19.1. The molecule has 0 bridgehead atoms. The minimum Gasteiger partial charge on any atom is -0.326 e. The number of aromatic nitrogens is 2. The van der Waals surface area contributed by atoms with Crippen LogP contribution in [0.25, 0.3) is 10.8 Å². The zero-order chi connectivity index (χ0) is 15.5. The lowest BCUT2D eigenvalue weighted by Gasteiger charge is -2.06. The van der Waals surface area contributed by atoms with Crippen molar-refractivity contribution < 1.29 is 9.18 Å². The van der Waals surface area contributed by atoms with Gasteiger partial charge in [-0.15, -0.1) is 0 Å². The number of rotatable bonds is 3. The van der Waals surface area contributed by atoms with Gasteiger partial charge in [0, 0.05) is 11.1 Å². The van der Waals surface area contributed by atoms with Crippen molar-refractivity contribution in [3.8, 4) is 0 Å². The Balaban J connectivity index is 1.86. The van der Waals surface area contributed by atoms with Gasteiger partial charge >= 0.3 is 0 Å². The van der Waals surface area contributed by atoms with Gasteiger partial charge in [-0.25, -0.2) is 9.49 Å². The SMILES string of the molecule is O=C(Cc1n[nH]c(=O)c2ccccc12)Nc1cccc(F)c1. The van der Waals surface area contributed by atoms with Crippen molar-refractivity contribution in [3.05, 3.63) is 70.4 Å². The smallest absolute Gasteiger partial charge is 0.272 e. The third-order valence-electron chi connectivity index (χ3n) is 3.21. The van der Waals surface area contributed by atoms with Gasteiger partial charge in [0.1, 0.15) is 5.82 Å². The maximum Gasteiger partial charge on any atom is 0.272 e. The third kappa shape index (κ3) is 2.85. The molecule has 1 aromatic heterocycles. The van der Waals surface area contributed by atoms with Crippen molar-refractivity contribution in [2.45, 2.75) is 6.42 Å². The molecule has 2 aromatic carbocycles. The van der Waals surface area contributed by atoms with E-state index in [4.69, 9.17) is 0 Å². The third-order valence-corrected chi connectivity index (χ3v) is 3.21. The van der Waals surface area contributed by atoms with Crippen molar-refractivity contribution in [2.75, 3.05) is 5.32 Å². The van der Waals surface area contributed by atoms with Crippen LogP contribution in [-0.2, 0) is 11.2 Å². The first-order chi connectivity index (χ1) is 10.6. The van der Waals surface area contributed by atoms with Crippen LogP contribution in [0.5, 0.6) is 0 Å². The number of carbonyl (C=O) groups is 1. The number of anilines is 1. The largest absolute Gasteiger partial charge is 0.326 e. The zero-order valence-electron chi connectivity index (χ0n) is 11.5. The fourth-order valence-corrected chi connectivity index (χ4v) is 2.23. The first kappa shape index (κ1) is 13.9. The Kier molecular flexibility index (Phi) is 3.65. The highest BCUT2D eigenvalue weighted by Gasteiger charge is 2.11. The van der Waals surface area contributed by atoms with Gasteiger partial charge in [-0.1, -0.05) is 24.3 Å². The predicted octanol–water partition coefficient (Wildman–Crippen LogP) is 2.24. The van der Waals surface area contributed by atoms with Crippen LogP contribution in [0.3, 0.4) is 0 Å². The van der Waals surface area contributed by atoms with E-state index in [1.807, 2.05) is 0 Å². The summed E-state index contributed by atoms with van der Waals surface area (Å²) in [7, 11) is 0. The molecule has 6 heteroatoms. The van der Waals surface area contributed by atoms with Crippen LogP contribution in [-0.4, -0.2) is 16.1 Å². The molecule has 0 spiro atoms. The number of fused-ring (bicyclic) bond motifs is 1. The molecule has 0 saturated heterocycles. The standard InChI is InChI=1S/C16H12FN3O2/c17-10-4-3-5-11(8-10)18-15(21)9-14-12-6-1-2-7-13(12)16(22)20-19-14/h1-8H,9H2,(H,18,21)(H,20,22). The molecular weight excluding hydrogens is 285 g/mol. The maximum absolute atomic E-state index is 13.1. The molecule has 0 atom stereocenters. The average Bonchev–Trinajstić information content (AvgIpc) is 2.50. The van der Waals surface area contributed by atoms with Gasteiger partial charge in [-0.3, -0.25) is 9.59 Å². The van der Waals surface area contributed by atoms with Crippen LogP contribution in [0.2, 0.25) is 0 Å². The number of halogens is 1. The summed E-state index contributed by atoms with van der Waals surface area (Å²) in [5, 5.41) is 10.0. The molecule has 0 aliphatic heterocycles. The summed E-state index contributed by atoms with van der Waals surface area (Å²) >= 11 is 0. The lowest BCUT2D eigenvalue weighted by molar-refractivity contribution is -0.115. The summed E-state index contributed by atoms with van der Waals surface area (Å²) < 4.78 is 13.1. The normalized spacial score (nSPS) is 10.6. The summed E-state index contributed by atoms with van der Waals surface area (Å²) in [6, 6.07) is 12.6. The van der Waals surface area contributed by atoms with Crippen LogP contribution in [0.15, 0.2) is 53.3 Å². The fourth-order valence-electron chi connectivity index (χ4n) is 2.23. The van der Waals surface area contributed by atoms with Crippen molar-refractivity contribution in [1.82, 2.24) is 10.2 Å². The van der Waals surface area contributed by atoms with E-state index in [2.05, 4.69) is 15.5 Å². The fraction of sp³-hybridized carbons (Fsp3) is 0.0625. The van der Waals surface area contributed by atoms with Crippen molar-refractivity contribution in [3.63, 3.8) is 0 Å². The molecule has 110 valence electrons. The van der Waals surface area contributed by atoms with E-state index in [1.54, 1.807) is 30.3 Å². The summed E-state index contributed by atoms with van der Waals surface area (Å²) in [5.41, 5.74) is 0.535. The molecule has 3 aromatic rings. The molecule has 1 amide bonds. The Morgan fingerprint density at radius 3 is 2.68 bits per heavy atom. The number of hydrogen-bond donors (Lipinski definition) is 2. The molecule has 5 nitrogen and oxygen atoms in total. The quantitative estimate of drug-likeness (QED) is 0.778. The van der Waals surface area contributed by atoms with E-state index in [-0.39, 0.29) is 17.9 Å². The van der Waals surface area contributed by atoms with E-state index in [9.17, 15) is 14.0 Å². The Morgan fingerprint density at radius 2 is 1.91 bits per heavy atom. The van der Waals surface area contributed by atoms with Crippen LogP contribution < -0.4 is 10.9 Å². The second-order valence-corrected chi connectivity index (χ2v) is 4.78. The van der Waals surface area contributed by atoms with Gasteiger partial charge in [-0.2, -0.15) is 5.10 Å². The summed E-state index contributed by atoms with van der Waals surface area (Å²) in [5.74, 6) is -0.763. The Bertz CT molecular complexity index is 905. The summed E-state index contributed by atoms with van der Waals surface area (Å²) in [6.07, 6.45) is -0.0200. The maximum atomic E-state index is 13.1. The number of benzene rings is 2. The molecule has 0 aliphatic rings. The Morgan fingerprint density at radius 1 is 1.14 bits per heavy atom. The summed E-state index contributed by atoms with van der Waals surface area (Å²) in [4.78, 5) is 23.7. The Labute approximate surface area is 124 Å². The highest BCUT2D eigenvalue weighted by Crippen LogP contribution is 2.14. The molecule has 2 N–H and O–H groups in total. The molecule has 1 heterocycles. The van der Waals surface area contributed by atoms with Crippen LogP contribution >= 0.6 is 0 Å². The average molecular weight is 297 g/mol. The number of nitrogens with zero attached hydrogens (tertiary/aromatic N) is 1. The molecule has 22 heavy (non-hydrogen) atoms. The Hall–Kier alpha value is -3.02. The molecule has 3 rings (SSSR count). The number of nitrogens with one attached hydrogen (secondary N) is 2. The number of H-pyrrole nitrogens is 1. The van der Waals surface area contributed by atoms with Crippen molar-refractivity contribution in [2.24, 2.45) is 0 Å². The van der Waals surface area contributed by atoms with Gasteiger partial charge in [0.15, 0.2) is 0 Å². The predicted molar refractivity (Wildman–Crippen MR) is 81.1 cm³/mol. The highest BCUT2D eigenvalue weighted by molar-refractivity contribution is 5.95. The lowest BCUT2D eigenvalue weighted by atomic mass is 10.1. The monoisotopic (exact) mass is 297 g/mol. The molecular formula is C16H12FN3O2. The topological polar surface area (TPSA) is 74.8 Å². The van der Waals surface area contributed by atoms with Gasteiger partial charge < -0.3 is 5.32 Å². The van der Waals surface area contributed by atoms with Crippen LogP contribution in [0, 0.1) is 5.82 Å². The van der Waals surface area contributed by atoms with E-state index in [0.717, 1.165) is 0 Å². The van der Waals surface area contributed by atoms with E-state index >= 15 is 0 Å². The number of hydrogen-bond acceptors (Lipinski definition) is 3. The minimum absolute atomic E-state index is 0.0200. The van der Waals surface area contributed by atoms with Gasteiger partial charge in [-0.05, 0) is 24.3 Å². The van der Waals surface area contributed by atoms with E-state index in [0.29, 0.717) is 22.2 Å².